The fourth-order valence-corrected chi connectivity index (χ4v) is 3.57. The van der Waals surface area contributed by atoms with E-state index in [0.29, 0.717) is 0 Å². The van der Waals surface area contributed by atoms with Crippen LogP contribution in [0.15, 0.2) is 0 Å². The molecule has 0 radical (unpaired) electrons. The topological polar surface area (TPSA) is 15.3 Å². The Hall–Kier alpha value is -0.0800. The Morgan fingerprint density at radius 1 is 0.824 bits per heavy atom. The molecule has 3 fully saturated rings. The summed E-state index contributed by atoms with van der Waals surface area (Å²) in [6, 6.07) is 1.77. The zero-order valence-corrected chi connectivity index (χ0v) is 11.2. The predicted octanol–water partition coefficient (Wildman–Crippen LogP) is 2.78. The van der Waals surface area contributed by atoms with Crippen LogP contribution in [0.5, 0.6) is 0 Å². The number of hydrogen-bond acceptors (Lipinski definition) is 2. The van der Waals surface area contributed by atoms with Crippen LogP contribution in [0.3, 0.4) is 0 Å². The fourth-order valence-electron chi connectivity index (χ4n) is 3.57. The van der Waals surface area contributed by atoms with Crippen molar-refractivity contribution in [1.29, 1.82) is 0 Å². The van der Waals surface area contributed by atoms with E-state index < -0.39 is 0 Å². The normalized spacial score (nSPS) is 29.6. The van der Waals surface area contributed by atoms with E-state index in [2.05, 4.69) is 10.2 Å². The van der Waals surface area contributed by atoms with E-state index in [4.69, 9.17) is 0 Å². The SMILES string of the molecule is C1CCC(N2CCC(NCC3CC3)CC2)CC1. The molecule has 0 aromatic rings. The highest BCUT2D eigenvalue weighted by atomic mass is 15.2. The molecule has 0 bridgehead atoms. The van der Waals surface area contributed by atoms with Gasteiger partial charge in [0.15, 0.2) is 0 Å². The first-order valence-corrected chi connectivity index (χ1v) is 7.89. The Balaban J connectivity index is 1.36. The second-order valence-electron chi connectivity index (χ2n) is 6.45. The van der Waals surface area contributed by atoms with Gasteiger partial charge in [-0.05, 0) is 64.1 Å². The van der Waals surface area contributed by atoms with Crippen molar-refractivity contribution in [3.05, 3.63) is 0 Å². The van der Waals surface area contributed by atoms with E-state index in [9.17, 15) is 0 Å². The van der Waals surface area contributed by atoms with Crippen LogP contribution in [0.1, 0.15) is 57.8 Å². The molecule has 0 aromatic carbocycles. The molecule has 2 heteroatoms. The minimum atomic E-state index is 0.829. The molecule has 3 aliphatic rings. The first kappa shape index (κ1) is 12.0. The molecule has 98 valence electrons. The Bertz CT molecular complexity index is 223. The van der Waals surface area contributed by atoms with Crippen molar-refractivity contribution in [2.75, 3.05) is 19.6 Å². The van der Waals surface area contributed by atoms with Gasteiger partial charge in [0.1, 0.15) is 0 Å². The zero-order valence-electron chi connectivity index (χ0n) is 11.2. The molecular weight excluding hydrogens is 208 g/mol. The van der Waals surface area contributed by atoms with Crippen LogP contribution in [0.25, 0.3) is 0 Å². The lowest BCUT2D eigenvalue weighted by Crippen LogP contribution is -2.47. The third-order valence-electron chi connectivity index (χ3n) is 5.01. The van der Waals surface area contributed by atoms with Gasteiger partial charge in [0.2, 0.25) is 0 Å². The summed E-state index contributed by atoms with van der Waals surface area (Å²) in [5, 5.41) is 3.78. The van der Waals surface area contributed by atoms with Gasteiger partial charge in [-0.2, -0.15) is 0 Å². The highest BCUT2D eigenvalue weighted by molar-refractivity contribution is 4.85. The van der Waals surface area contributed by atoms with Crippen LogP contribution in [-0.4, -0.2) is 36.6 Å². The van der Waals surface area contributed by atoms with Gasteiger partial charge in [-0.15, -0.1) is 0 Å². The molecule has 0 amide bonds. The lowest BCUT2D eigenvalue weighted by atomic mass is 9.92. The van der Waals surface area contributed by atoms with Crippen LogP contribution in [-0.2, 0) is 0 Å². The van der Waals surface area contributed by atoms with E-state index in [1.54, 1.807) is 0 Å². The molecule has 2 saturated carbocycles. The molecule has 0 spiro atoms. The van der Waals surface area contributed by atoms with Gasteiger partial charge in [-0.3, -0.25) is 0 Å². The lowest BCUT2D eigenvalue weighted by molar-refractivity contribution is 0.115. The Morgan fingerprint density at radius 3 is 2.18 bits per heavy atom. The van der Waals surface area contributed by atoms with Gasteiger partial charge in [0.05, 0.1) is 0 Å². The highest BCUT2D eigenvalue weighted by Gasteiger charge is 2.27. The Kier molecular flexibility index (Phi) is 4.02. The number of nitrogens with one attached hydrogen (secondary N) is 1. The summed E-state index contributed by atoms with van der Waals surface area (Å²) in [4.78, 5) is 2.79. The Morgan fingerprint density at radius 2 is 1.53 bits per heavy atom. The molecule has 17 heavy (non-hydrogen) atoms. The minimum absolute atomic E-state index is 0.829. The first-order chi connectivity index (χ1) is 8.42. The highest BCUT2D eigenvalue weighted by Crippen LogP contribution is 2.29. The first-order valence-electron chi connectivity index (χ1n) is 7.89. The van der Waals surface area contributed by atoms with Gasteiger partial charge in [0.25, 0.3) is 0 Å². The van der Waals surface area contributed by atoms with Gasteiger partial charge in [0, 0.05) is 12.1 Å². The van der Waals surface area contributed by atoms with Gasteiger partial charge >= 0.3 is 0 Å². The molecule has 2 nitrogen and oxygen atoms in total. The third kappa shape index (κ3) is 3.45. The average molecular weight is 236 g/mol. The number of rotatable bonds is 4. The van der Waals surface area contributed by atoms with Gasteiger partial charge in [-0.25, -0.2) is 0 Å². The van der Waals surface area contributed by atoms with Crippen LogP contribution in [0.4, 0.5) is 0 Å². The molecule has 1 aliphatic heterocycles. The summed E-state index contributed by atoms with van der Waals surface area (Å²) in [6.45, 7) is 4.01. The second-order valence-corrected chi connectivity index (χ2v) is 6.45. The second kappa shape index (κ2) is 5.71. The van der Waals surface area contributed by atoms with Crippen LogP contribution < -0.4 is 5.32 Å². The molecule has 0 unspecified atom stereocenters. The number of nitrogens with zero attached hydrogens (tertiary/aromatic N) is 1. The lowest BCUT2D eigenvalue weighted by Gasteiger charge is -2.39. The molecule has 2 aliphatic carbocycles. The summed E-state index contributed by atoms with van der Waals surface area (Å²) in [5.74, 6) is 1.03. The van der Waals surface area contributed by atoms with Crippen LogP contribution in [0, 0.1) is 5.92 Å². The van der Waals surface area contributed by atoms with Crippen LogP contribution >= 0.6 is 0 Å². The maximum absolute atomic E-state index is 3.78. The quantitative estimate of drug-likeness (QED) is 0.807. The monoisotopic (exact) mass is 236 g/mol. The smallest absolute Gasteiger partial charge is 0.00952 e. The maximum atomic E-state index is 3.78. The number of likely N-dealkylation sites (tertiary alicyclic amines) is 1. The number of hydrogen-bond donors (Lipinski definition) is 1. The summed E-state index contributed by atoms with van der Waals surface area (Å²) in [7, 11) is 0. The average Bonchev–Trinajstić information content (AvgIpc) is 3.22. The van der Waals surface area contributed by atoms with Gasteiger partial charge < -0.3 is 10.2 Å². The summed E-state index contributed by atoms with van der Waals surface area (Å²) >= 11 is 0. The van der Waals surface area contributed by atoms with E-state index in [0.717, 1.165) is 18.0 Å². The number of piperidine rings is 1. The van der Waals surface area contributed by atoms with Crippen molar-refractivity contribution in [3.8, 4) is 0 Å². The van der Waals surface area contributed by atoms with E-state index >= 15 is 0 Å². The molecule has 3 rings (SSSR count). The van der Waals surface area contributed by atoms with Crippen molar-refractivity contribution >= 4 is 0 Å². The molecule has 1 saturated heterocycles. The van der Waals surface area contributed by atoms with E-state index in [1.807, 2.05) is 0 Å². The molecule has 1 N–H and O–H groups in total. The van der Waals surface area contributed by atoms with Crippen LogP contribution in [0.2, 0.25) is 0 Å². The van der Waals surface area contributed by atoms with Gasteiger partial charge in [-0.1, -0.05) is 19.3 Å². The third-order valence-corrected chi connectivity index (χ3v) is 5.01. The maximum Gasteiger partial charge on any atom is 0.00952 e. The molecule has 1 heterocycles. The predicted molar refractivity (Wildman–Crippen MR) is 72.2 cm³/mol. The zero-order chi connectivity index (χ0) is 11.5. The van der Waals surface area contributed by atoms with Crippen molar-refractivity contribution < 1.29 is 0 Å². The summed E-state index contributed by atoms with van der Waals surface area (Å²) in [5.41, 5.74) is 0. The van der Waals surface area contributed by atoms with Crippen molar-refractivity contribution in [2.45, 2.75) is 69.9 Å². The van der Waals surface area contributed by atoms with Crippen molar-refractivity contribution in [2.24, 2.45) is 5.92 Å². The van der Waals surface area contributed by atoms with E-state index in [-0.39, 0.29) is 0 Å². The van der Waals surface area contributed by atoms with Crippen molar-refractivity contribution in [3.63, 3.8) is 0 Å². The summed E-state index contributed by atoms with van der Waals surface area (Å²) < 4.78 is 0. The molecular formula is C15H28N2. The molecule has 0 aromatic heterocycles. The largest absolute Gasteiger partial charge is 0.314 e. The summed E-state index contributed by atoms with van der Waals surface area (Å²) in [6.07, 6.45) is 13.1. The fraction of sp³-hybridized carbons (Fsp3) is 1.00. The Labute approximate surface area is 106 Å². The minimum Gasteiger partial charge on any atom is -0.314 e. The standard InChI is InChI=1S/C15H28N2/c1-2-4-15(5-3-1)17-10-8-14(9-11-17)16-12-13-6-7-13/h13-16H,1-12H2. The van der Waals surface area contributed by atoms with E-state index in [1.165, 1.54) is 77.4 Å². The molecule has 0 atom stereocenters. The van der Waals surface area contributed by atoms with Crippen molar-refractivity contribution in [1.82, 2.24) is 10.2 Å².